The SMILES string of the molecule is C=C1N[C@@]2(CCc3ccc(N)cc32)CS(=O)(=O)N1C. The summed E-state index contributed by atoms with van der Waals surface area (Å²) in [5, 5.41) is 3.28. The Bertz CT molecular complexity index is 668. The van der Waals surface area contributed by atoms with Gasteiger partial charge in [0.25, 0.3) is 0 Å². The van der Waals surface area contributed by atoms with Crippen LogP contribution in [-0.2, 0) is 22.0 Å². The van der Waals surface area contributed by atoms with Gasteiger partial charge in [-0.1, -0.05) is 12.6 Å². The lowest BCUT2D eigenvalue weighted by Crippen LogP contribution is -2.56. The molecule has 0 radical (unpaired) electrons. The van der Waals surface area contributed by atoms with Gasteiger partial charge in [-0.3, -0.25) is 4.31 Å². The number of rotatable bonds is 0. The predicted octanol–water partition coefficient (Wildman–Crippen LogP) is 0.746. The topological polar surface area (TPSA) is 75.4 Å². The van der Waals surface area contributed by atoms with Crippen molar-refractivity contribution in [2.24, 2.45) is 0 Å². The number of hydrogen-bond donors (Lipinski definition) is 2. The lowest BCUT2D eigenvalue weighted by molar-refractivity contribution is 0.331. The van der Waals surface area contributed by atoms with E-state index in [1.54, 1.807) is 0 Å². The van der Waals surface area contributed by atoms with E-state index in [0.29, 0.717) is 11.5 Å². The van der Waals surface area contributed by atoms with Gasteiger partial charge in [0.15, 0.2) is 0 Å². The van der Waals surface area contributed by atoms with Gasteiger partial charge in [0.1, 0.15) is 5.82 Å². The van der Waals surface area contributed by atoms with Gasteiger partial charge in [0, 0.05) is 12.7 Å². The zero-order chi connectivity index (χ0) is 13.8. The van der Waals surface area contributed by atoms with Crippen LogP contribution < -0.4 is 11.1 Å². The van der Waals surface area contributed by atoms with Gasteiger partial charge in [0.2, 0.25) is 10.0 Å². The Balaban J connectivity index is 2.13. The molecule has 0 aromatic heterocycles. The largest absolute Gasteiger partial charge is 0.399 e. The van der Waals surface area contributed by atoms with Gasteiger partial charge >= 0.3 is 0 Å². The van der Waals surface area contributed by atoms with Crippen LogP contribution >= 0.6 is 0 Å². The van der Waals surface area contributed by atoms with Crippen molar-refractivity contribution in [1.82, 2.24) is 9.62 Å². The Kier molecular flexibility index (Phi) is 2.38. The van der Waals surface area contributed by atoms with Gasteiger partial charge in [-0.2, -0.15) is 0 Å². The molecule has 102 valence electrons. The molecule has 2 aliphatic rings. The molecule has 1 aromatic rings. The second kappa shape index (κ2) is 3.66. The number of anilines is 1. The van der Waals surface area contributed by atoms with E-state index in [0.717, 1.165) is 24.0 Å². The van der Waals surface area contributed by atoms with E-state index < -0.39 is 15.6 Å². The number of fused-ring (bicyclic) bond motifs is 2. The number of benzene rings is 1. The summed E-state index contributed by atoms with van der Waals surface area (Å²) < 4.78 is 25.7. The third-order valence-electron chi connectivity index (χ3n) is 4.08. The molecule has 1 aromatic carbocycles. The first-order chi connectivity index (χ1) is 8.84. The van der Waals surface area contributed by atoms with Gasteiger partial charge in [-0.15, -0.1) is 0 Å². The molecule has 1 aliphatic carbocycles. The van der Waals surface area contributed by atoms with E-state index in [9.17, 15) is 8.42 Å². The fourth-order valence-corrected chi connectivity index (χ4v) is 4.56. The molecule has 1 saturated heterocycles. The van der Waals surface area contributed by atoms with Crippen LogP contribution in [0, 0.1) is 0 Å². The first-order valence-electron chi connectivity index (χ1n) is 6.17. The Morgan fingerprint density at radius 2 is 2.21 bits per heavy atom. The highest BCUT2D eigenvalue weighted by molar-refractivity contribution is 7.89. The highest BCUT2D eigenvalue weighted by Crippen LogP contribution is 2.42. The Morgan fingerprint density at radius 1 is 1.47 bits per heavy atom. The molecule has 5 nitrogen and oxygen atoms in total. The van der Waals surface area contributed by atoms with Crippen LogP contribution in [0.4, 0.5) is 5.69 Å². The molecule has 19 heavy (non-hydrogen) atoms. The maximum absolute atomic E-state index is 12.2. The second-order valence-corrected chi connectivity index (χ2v) is 7.29. The van der Waals surface area contributed by atoms with Crippen molar-refractivity contribution >= 4 is 15.7 Å². The lowest BCUT2D eigenvalue weighted by Gasteiger charge is -2.41. The number of hydrogen-bond acceptors (Lipinski definition) is 4. The van der Waals surface area contributed by atoms with E-state index >= 15 is 0 Å². The summed E-state index contributed by atoms with van der Waals surface area (Å²) >= 11 is 0. The molecule has 0 amide bonds. The summed E-state index contributed by atoms with van der Waals surface area (Å²) in [6, 6.07) is 5.72. The molecule has 3 rings (SSSR count). The summed E-state index contributed by atoms with van der Waals surface area (Å²) in [6.45, 7) is 3.81. The summed E-state index contributed by atoms with van der Waals surface area (Å²) in [6.07, 6.45) is 1.60. The van der Waals surface area contributed by atoms with E-state index in [4.69, 9.17) is 5.73 Å². The molecule has 1 aliphatic heterocycles. The van der Waals surface area contributed by atoms with Crippen LogP contribution in [0.1, 0.15) is 17.5 Å². The maximum Gasteiger partial charge on any atom is 0.238 e. The van der Waals surface area contributed by atoms with Crippen molar-refractivity contribution in [3.05, 3.63) is 41.7 Å². The maximum atomic E-state index is 12.2. The van der Waals surface area contributed by atoms with Crippen LogP contribution in [0.2, 0.25) is 0 Å². The fraction of sp³-hybridized carbons (Fsp3) is 0.385. The Hall–Kier alpha value is -1.69. The fourth-order valence-electron chi connectivity index (χ4n) is 2.99. The molecule has 3 N–H and O–H groups in total. The number of aryl methyl sites for hydroxylation is 1. The molecule has 6 heteroatoms. The zero-order valence-corrected chi connectivity index (χ0v) is 11.6. The number of nitrogens with zero attached hydrogens (tertiary/aromatic N) is 1. The average molecular weight is 279 g/mol. The van der Waals surface area contributed by atoms with Crippen molar-refractivity contribution in [3.63, 3.8) is 0 Å². The molecule has 0 saturated carbocycles. The minimum atomic E-state index is -3.33. The lowest BCUT2D eigenvalue weighted by atomic mass is 9.93. The van der Waals surface area contributed by atoms with E-state index in [2.05, 4.69) is 11.9 Å². The van der Waals surface area contributed by atoms with Crippen LogP contribution in [0.25, 0.3) is 0 Å². The van der Waals surface area contributed by atoms with Crippen molar-refractivity contribution in [2.45, 2.75) is 18.4 Å². The Labute approximate surface area is 113 Å². The molecule has 0 bridgehead atoms. The number of nitrogens with two attached hydrogens (primary N) is 1. The van der Waals surface area contributed by atoms with E-state index in [1.165, 1.54) is 11.4 Å². The summed E-state index contributed by atoms with van der Waals surface area (Å²) in [7, 11) is -1.81. The minimum absolute atomic E-state index is 0.0476. The van der Waals surface area contributed by atoms with Crippen LogP contribution in [0.5, 0.6) is 0 Å². The van der Waals surface area contributed by atoms with Crippen LogP contribution in [-0.4, -0.2) is 25.5 Å². The number of sulfonamides is 1. The molecular weight excluding hydrogens is 262 g/mol. The highest BCUT2D eigenvalue weighted by Gasteiger charge is 2.47. The third kappa shape index (κ3) is 1.70. The monoisotopic (exact) mass is 279 g/mol. The quantitative estimate of drug-likeness (QED) is 0.687. The normalized spacial score (nSPS) is 28.3. The van der Waals surface area contributed by atoms with Crippen LogP contribution in [0.15, 0.2) is 30.6 Å². The molecule has 1 atom stereocenters. The van der Waals surface area contributed by atoms with Gasteiger partial charge in [0.05, 0.1) is 11.3 Å². The van der Waals surface area contributed by atoms with Crippen molar-refractivity contribution in [1.29, 1.82) is 0 Å². The predicted molar refractivity (Wildman–Crippen MR) is 74.7 cm³/mol. The molecular formula is C13H17N3O2S. The molecule has 0 unspecified atom stereocenters. The first-order valence-corrected chi connectivity index (χ1v) is 7.78. The molecule has 1 spiro atoms. The van der Waals surface area contributed by atoms with Crippen molar-refractivity contribution in [3.8, 4) is 0 Å². The first kappa shape index (κ1) is 12.3. The third-order valence-corrected chi connectivity index (χ3v) is 5.99. The number of nitrogens with one attached hydrogen (secondary N) is 1. The Morgan fingerprint density at radius 3 is 2.89 bits per heavy atom. The van der Waals surface area contributed by atoms with Gasteiger partial charge in [-0.05, 0) is 36.1 Å². The number of nitrogen functional groups attached to an aromatic ring is 1. The highest BCUT2D eigenvalue weighted by atomic mass is 32.2. The molecule has 1 fully saturated rings. The van der Waals surface area contributed by atoms with Crippen molar-refractivity contribution in [2.75, 3.05) is 18.5 Å². The van der Waals surface area contributed by atoms with Crippen molar-refractivity contribution < 1.29 is 8.42 Å². The summed E-state index contributed by atoms with van der Waals surface area (Å²) in [5.41, 5.74) is 8.07. The van der Waals surface area contributed by atoms with Gasteiger partial charge in [-0.25, -0.2) is 8.42 Å². The van der Waals surface area contributed by atoms with Crippen LogP contribution in [0.3, 0.4) is 0 Å². The van der Waals surface area contributed by atoms with Gasteiger partial charge < -0.3 is 11.1 Å². The molecule has 1 heterocycles. The standard InChI is InChI=1S/C13H17N3O2S/c1-9-15-13(8-19(17,18)16(9)2)6-5-10-3-4-11(14)7-12(10)13/h3-4,7,15H,1,5-6,8,14H2,2H3/t13-/m0/s1. The van der Waals surface area contributed by atoms with E-state index in [-0.39, 0.29) is 5.75 Å². The zero-order valence-electron chi connectivity index (χ0n) is 10.8. The average Bonchev–Trinajstić information content (AvgIpc) is 2.64. The summed E-state index contributed by atoms with van der Waals surface area (Å²) in [4.78, 5) is 0. The smallest absolute Gasteiger partial charge is 0.238 e. The second-order valence-electron chi connectivity index (χ2n) is 5.29. The minimum Gasteiger partial charge on any atom is -0.399 e. The van der Waals surface area contributed by atoms with E-state index in [1.807, 2.05) is 18.2 Å². The summed E-state index contributed by atoms with van der Waals surface area (Å²) in [5.74, 6) is 0.466.